The van der Waals surface area contributed by atoms with Crippen molar-refractivity contribution in [3.63, 3.8) is 0 Å². The SMILES string of the molecule is CCOP(=O)(NCC(=O)O)OCC. The van der Waals surface area contributed by atoms with Crippen molar-refractivity contribution in [1.82, 2.24) is 5.09 Å². The zero-order valence-electron chi connectivity index (χ0n) is 7.65. The number of rotatable bonds is 7. The van der Waals surface area contributed by atoms with Crippen LogP contribution in [0.2, 0.25) is 0 Å². The molecular formula is C6H14NO5P. The van der Waals surface area contributed by atoms with Crippen molar-refractivity contribution in [3.8, 4) is 0 Å². The Bertz CT molecular complexity index is 197. The largest absolute Gasteiger partial charge is 0.480 e. The molecule has 0 aliphatic rings. The molecule has 0 saturated carbocycles. The fourth-order valence-electron chi connectivity index (χ4n) is 0.633. The molecule has 0 aromatic rings. The van der Waals surface area contributed by atoms with Crippen molar-refractivity contribution >= 4 is 13.7 Å². The molecule has 2 N–H and O–H groups in total. The summed E-state index contributed by atoms with van der Waals surface area (Å²) < 4.78 is 21.1. The van der Waals surface area contributed by atoms with Gasteiger partial charge in [0.05, 0.1) is 13.2 Å². The van der Waals surface area contributed by atoms with E-state index in [1.54, 1.807) is 13.8 Å². The quantitative estimate of drug-likeness (QED) is 0.607. The van der Waals surface area contributed by atoms with Crippen molar-refractivity contribution < 1.29 is 23.5 Å². The molecule has 0 fully saturated rings. The van der Waals surface area contributed by atoms with Gasteiger partial charge in [0.15, 0.2) is 0 Å². The van der Waals surface area contributed by atoms with Crippen LogP contribution >= 0.6 is 7.75 Å². The van der Waals surface area contributed by atoms with E-state index in [4.69, 9.17) is 14.2 Å². The highest BCUT2D eigenvalue weighted by atomic mass is 31.2. The Balaban J connectivity index is 4.07. The third kappa shape index (κ3) is 5.76. The molecule has 6 nitrogen and oxygen atoms in total. The molecule has 0 aliphatic heterocycles. The van der Waals surface area contributed by atoms with Crippen molar-refractivity contribution in [2.45, 2.75) is 13.8 Å². The lowest BCUT2D eigenvalue weighted by molar-refractivity contribution is -0.135. The summed E-state index contributed by atoms with van der Waals surface area (Å²) in [5.41, 5.74) is 0. The molecular weight excluding hydrogens is 197 g/mol. The minimum Gasteiger partial charge on any atom is -0.480 e. The van der Waals surface area contributed by atoms with Gasteiger partial charge in [-0.3, -0.25) is 13.8 Å². The second-order valence-electron chi connectivity index (χ2n) is 2.06. The fourth-order valence-corrected chi connectivity index (χ4v) is 1.90. The Morgan fingerprint density at radius 1 is 1.38 bits per heavy atom. The van der Waals surface area contributed by atoms with Crippen molar-refractivity contribution in [2.24, 2.45) is 0 Å². The Morgan fingerprint density at radius 3 is 2.15 bits per heavy atom. The third-order valence-corrected chi connectivity index (χ3v) is 2.76. The van der Waals surface area contributed by atoms with Crippen LogP contribution in [0.4, 0.5) is 0 Å². The maximum atomic E-state index is 11.5. The molecule has 0 aromatic carbocycles. The van der Waals surface area contributed by atoms with Crippen molar-refractivity contribution in [1.29, 1.82) is 0 Å². The van der Waals surface area contributed by atoms with Gasteiger partial charge in [-0.25, -0.2) is 9.65 Å². The summed E-state index contributed by atoms with van der Waals surface area (Å²) in [6.07, 6.45) is 0. The first-order valence-corrected chi connectivity index (χ1v) is 5.44. The van der Waals surface area contributed by atoms with E-state index in [1.807, 2.05) is 0 Å². The first-order valence-electron chi connectivity index (χ1n) is 3.90. The molecule has 0 saturated heterocycles. The minimum atomic E-state index is -3.40. The first-order chi connectivity index (χ1) is 6.04. The van der Waals surface area contributed by atoms with Crippen LogP contribution < -0.4 is 5.09 Å². The van der Waals surface area contributed by atoms with Crippen LogP contribution in [0.25, 0.3) is 0 Å². The molecule has 0 aromatic heterocycles. The molecule has 0 unspecified atom stereocenters. The van der Waals surface area contributed by atoms with E-state index < -0.39 is 20.3 Å². The molecule has 0 rings (SSSR count). The Kier molecular flexibility index (Phi) is 5.90. The van der Waals surface area contributed by atoms with Gasteiger partial charge in [-0.15, -0.1) is 0 Å². The summed E-state index contributed by atoms with van der Waals surface area (Å²) in [6, 6.07) is 0. The Labute approximate surface area is 76.8 Å². The van der Waals surface area contributed by atoms with Crippen LogP contribution in [-0.2, 0) is 18.4 Å². The van der Waals surface area contributed by atoms with Crippen LogP contribution in [0.5, 0.6) is 0 Å². The van der Waals surface area contributed by atoms with Gasteiger partial charge >= 0.3 is 13.7 Å². The smallest absolute Gasteiger partial charge is 0.406 e. The van der Waals surface area contributed by atoms with Gasteiger partial charge in [0.2, 0.25) is 0 Å². The van der Waals surface area contributed by atoms with Crippen molar-refractivity contribution in [3.05, 3.63) is 0 Å². The summed E-state index contributed by atoms with van der Waals surface area (Å²) in [5, 5.41) is 10.5. The fraction of sp³-hybridized carbons (Fsp3) is 0.833. The van der Waals surface area contributed by atoms with Crippen molar-refractivity contribution in [2.75, 3.05) is 19.8 Å². The molecule has 0 radical (unpaired) electrons. The van der Waals surface area contributed by atoms with Crippen LogP contribution in [0.15, 0.2) is 0 Å². The van der Waals surface area contributed by atoms with E-state index in [9.17, 15) is 9.36 Å². The molecule has 13 heavy (non-hydrogen) atoms. The monoisotopic (exact) mass is 211 g/mol. The predicted molar refractivity (Wildman–Crippen MR) is 46.5 cm³/mol. The zero-order chi connectivity index (χ0) is 10.3. The van der Waals surface area contributed by atoms with Gasteiger partial charge in [0.25, 0.3) is 0 Å². The summed E-state index contributed by atoms with van der Waals surface area (Å²) in [6.45, 7) is 3.24. The maximum absolute atomic E-state index is 11.5. The maximum Gasteiger partial charge on any atom is 0.406 e. The number of hydrogen-bond acceptors (Lipinski definition) is 4. The second kappa shape index (κ2) is 6.10. The molecule has 78 valence electrons. The number of carbonyl (C=O) groups is 1. The highest BCUT2D eigenvalue weighted by Gasteiger charge is 2.23. The second-order valence-corrected chi connectivity index (χ2v) is 3.89. The topological polar surface area (TPSA) is 84.9 Å². The van der Waals surface area contributed by atoms with Crippen LogP contribution in [-0.4, -0.2) is 30.8 Å². The minimum absolute atomic E-state index is 0.198. The molecule has 0 aliphatic carbocycles. The standard InChI is InChI=1S/C6H14NO5P/c1-3-11-13(10,12-4-2)7-5-6(8)9/h3-5H2,1-2H3,(H,7,10)(H,8,9). The Hall–Kier alpha value is -0.420. The number of aliphatic carboxylic acids is 1. The third-order valence-electron chi connectivity index (χ3n) is 1.02. The Morgan fingerprint density at radius 2 is 1.85 bits per heavy atom. The summed E-state index contributed by atoms with van der Waals surface area (Å²) in [4.78, 5) is 10.2. The van der Waals surface area contributed by atoms with Gasteiger partial charge < -0.3 is 5.11 Å². The lowest BCUT2D eigenvalue weighted by Crippen LogP contribution is -2.22. The van der Waals surface area contributed by atoms with Gasteiger partial charge in [-0.2, -0.15) is 0 Å². The molecule has 0 bridgehead atoms. The summed E-state index contributed by atoms with van der Waals surface area (Å²) in [5.74, 6) is -1.11. The average molecular weight is 211 g/mol. The van der Waals surface area contributed by atoms with E-state index >= 15 is 0 Å². The first kappa shape index (κ1) is 12.6. The summed E-state index contributed by atoms with van der Waals surface area (Å²) >= 11 is 0. The lowest BCUT2D eigenvalue weighted by atomic mass is 10.7. The number of nitrogens with one attached hydrogen (secondary N) is 1. The van der Waals surface area contributed by atoms with E-state index in [0.29, 0.717) is 0 Å². The van der Waals surface area contributed by atoms with Gasteiger partial charge in [-0.1, -0.05) is 0 Å². The molecule has 7 heteroatoms. The van der Waals surface area contributed by atoms with Crippen LogP contribution in [0.1, 0.15) is 13.8 Å². The molecule has 0 atom stereocenters. The van der Waals surface area contributed by atoms with Crippen LogP contribution in [0, 0.1) is 0 Å². The lowest BCUT2D eigenvalue weighted by Gasteiger charge is -2.16. The normalized spacial score (nSPS) is 11.5. The molecule has 0 heterocycles. The highest BCUT2D eigenvalue weighted by molar-refractivity contribution is 7.51. The van der Waals surface area contributed by atoms with E-state index in [2.05, 4.69) is 5.09 Å². The van der Waals surface area contributed by atoms with Crippen LogP contribution in [0.3, 0.4) is 0 Å². The predicted octanol–water partition coefficient (Wildman–Crippen LogP) is 0.842. The van der Waals surface area contributed by atoms with Gasteiger partial charge in [0, 0.05) is 0 Å². The van der Waals surface area contributed by atoms with E-state index in [1.165, 1.54) is 0 Å². The van der Waals surface area contributed by atoms with Gasteiger partial charge in [-0.05, 0) is 13.8 Å². The molecule has 0 spiro atoms. The summed E-state index contributed by atoms with van der Waals surface area (Å²) in [7, 11) is -3.40. The zero-order valence-corrected chi connectivity index (χ0v) is 8.54. The van der Waals surface area contributed by atoms with E-state index in [0.717, 1.165) is 0 Å². The van der Waals surface area contributed by atoms with E-state index in [-0.39, 0.29) is 13.2 Å². The highest BCUT2D eigenvalue weighted by Crippen LogP contribution is 2.42. The number of carboxylic acids is 1. The van der Waals surface area contributed by atoms with Gasteiger partial charge in [0.1, 0.15) is 6.54 Å². The number of hydrogen-bond donors (Lipinski definition) is 2. The molecule has 0 amide bonds. The number of carboxylic acid groups (broad SMARTS) is 1. The average Bonchev–Trinajstić information content (AvgIpc) is 2.02.